The Labute approximate surface area is 166 Å². The van der Waals surface area contributed by atoms with Gasteiger partial charge in [-0.1, -0.05) is 53.7 Å². The summed E-state index contributed by atoms with van der Waals surface area (Å²) in [5.41, 5.74) is 2.29. The van der Waals surface area contributed by atoms with Crippen molar-refractivity contribution >= 4 is 23.1 Å². The van der Waals surface area contributed by atoms with Gasteiger partial charge >= 0.3 is 0 Å². The molecule has 0 atom stereocenters. The van der Waals surface area contributed by atoms with E-state index in [0.717, 1.165) is 33.0 Å². The number of hydrogen-bond donors (Lipinski definition) is 0. The van der Waals surface area contributed by atoms with Crippen molar-refractivity contribution in [1.82, 2.24) is 14.8 Å². The van der Waals surface area contributed by atoms with Gasteiger partial charge in [0.15, 0.2) is 11.0 Å². The lowest BCUT2D eigenvalue weighted by molar-refractivity contribution is 0.344. The molecule has 4 nitrogen and oxygen atoms in total. The Morgan fingerprint density at radius 1 is 0.963 bits per heavy atom. The van der Waals surface area contributed by atoms with Crippen LogP contribution in [-0.4, -0.2) is 27.1 Å². The monoisotopic (exact) mass is 393 g/mol. The second-order valence-corrected chi connectivity index (χ2v) is 7.97. The van der Waals surface area contributed by atoms with Crippen molar-refractivity contribution in [3.63, 3.8) is 0 Å². The van der Waals surface area contributed by atoms with Gasteiger partial charge in [0.2, 0.25) is 0 Å². The molecule has 0 saturated carbocycles. The fourth-order valence-electron chi connectivity index (χ4n) is 2.67. The van der Waals surface area contributed by atoms with Crippen molar-refractivity contribution in [2.45, 2.75) is 12.1 Å². The van der Waals surface area contributed by atoms with Crippen LogP contribution in [0.1, 0.15) is 5.56 Å². The zero-order valence-electron chi connectivity index (χ0n) is 14.9. The van der Waals surface area contributed by atoms with Crippen molar-refractivity contribution < 1.29 is 4.74 Å². The summed E-state index contributed by atoms with van der Waals surface area (Å²) < 4.78 is 7.94. The van der Waals surface area contributed by atoms with E-state index in [9.17, 15) is 0 Å². The van der Waals surface area contributed by atoms with Crippen LogP contribution in [0, 0.1) is 6.92 Å². The van der Waals surface area contributed by atoms with Crippen LogP contribution in [0.2, 0.25) is 0 Å². The van der Waals surface area contributed by atoms with E-state index in [2.05, 4.69) is 57.4 Å². The third kappa shape index (κ3) is 4.23. The summed E-state index contributed by atoms with van der Waals surface area (Å²) in [4.78, 5) is 1.11. The average Bonchev–Trinajstić information content (AvgIpc) is 3.37. The molecule has 6 heteroatoms. The summed E-state index contributed by atoms with van der Waals surface area (Å²) in [7, 11) is 0. The molecule has 0 spiro atoms. The highest BCUT2D eigenvalue weighted by atomic mass is 32.2. The lowest BCUT2D eigenvalue weighted by atomic mass is 10.2. The van der Waals surface area contributed by atoms with Crippen LogP contribution in [0.25, 0.3) is 16.4 Å². The summed E-state index contributed by atoms with van der Waals surface area (Å²) in [6.07, 6.45) is 0. The highest BCUT2D eigenvalue weighted by Gasteiger charge is 2.16. The first kappa shape index (κ1) is 17.8. The molecule has 0 radical (unpaired) electrons. The Bertz CT molecular complexity index is 980. The maximum atomic E-state index is 5.83. The summed E-state index contributed by atoms with van der Waals surface area (Å²) in [5.74, 6) is 2.56. The Morgan fingerprint density at radius 3 is 2.52 bits per heavy atom. The van der Waals surface area contributed by atoms with Crippen molar-refractivity contribution in [3.8, 4) is 22.1 Å². The maximum absolute atomic E-state index is 5.83. The van der Waals surface area contributed by atoms with Gasteiger partial charge in [0.05, 0.1) is 11.5 Å². The van der Waals surface area contributed by atoms with E-state index in [4.69, 9.17) is 4.74 Å². The highest BCUT2D eigenvalue weighted by Crippen LogP contribution is 2.30. The van der Waals surface area contributed by atoms with E-state index in [1.807, 2.05) is 36.4 Å². The van der Waals surface area contributed by atoms with E-state index >= 15 is 0 Å². The summed E-state index contributed by atoms with van der Waals surface area (Å²) in [6, 6.07) is 22.5. The summed E-state index contributed by atoms with van der Waals surface area (Å²) in [6.45, 7) is 2.69. The van der Waals surface area contributed by atoms with Crippen LogP contribution in [0.4, 0.5) is 0 Å². The number of hydrogen-bond acceptors (Lipinski definition) is 5. The quantitative estimate of drug-likeness (QED) is 0.308. The molecular formula is C21H19N3OS2. The van der Waals surface area contributed by atoms with Crippen LogP contribution >= 0.6 is 23.1 Å². The van der Waals surface area contributed by atoms with Gasteiger partial charge in [-0.25, -0.2) is 0 Å². The molecule has 136 valence electrons. The van der Waals surface area contributed by atoms with Gasteiger partial charge in [-0.05, 0) is 42.6 Å². The molecule has 0 aliphatic rings. The van der Waals surface area contributed by atoms with Crippen LogP contribution in [0.3, 0.4) is 0 Å². The minimum atomic E-state index is 0.615. The molecule has 2 aromatic carbocycles. The second kappa shape index (κ2) is 8.41. The van der Waals surface area contributed by atoms with Crippen LogP contribution in [0.5, 0.6) is 5.75 Å². The third-order valence-electron chi connectivity index (χ3n) is 3.99. The standard InChI is InChI=1S/C21H19N3OS2/c1-16-9-11-18(12-10-16)25-13-15-27-21-23-22-20(19-8-5-14-26-19)24(21)17-6-3-2-4-7-17/h2-12,14H,13,15H2,1H3. The van der Waals surface area contributed by atoms with E-state index in [0.29, 0.717) is 6.61 Å². The number of aromatic nitrogens is 3. The van der Waals surface area contributed by atoms with E-state index in [1.54, 1.807) is 23.1 Å². The molecule has 0 fully saturated rings. The fourth-order valence-corrected chi connectivity index (χ4v) is 4.13. The molecule has 0 saturated heterocycles. The van der Waals surface area contributed by atoms with Gasteiger partial charge in [0.1, 0.15) is 5.75 Å². The molecule has 0 aliphatic heterocycles. The highest BCUT2D eigenvalue weighted by molar-refractivity contribution is 7.99. The molecule has 2 aromatic heterocycles. The SMILES string of the molecule is Cc1ccc(OCCSc2nnc(-c3cccs3)n2-c2ccccc2)cc1. The largest absolute Gasteiger partial charge is 0.493 e. The van der Waals surface area contributed by atoms with Crippen LogP contribution < -0.4 is 4.74 Å². The first-order chi connectivity index (χ1) is 13.3. The minimum absolute atomic E-state index is 0.615. The third-order valence-corrected chi connectivity index (χ3v) is 5.75. The number of ether oxygens (including phenoxy) is 1. The maximum Gasteiger partial charge on any atom is 0.196 e. The average molecular weight is 394 g/mol. The first-order valence-electron chi connectivity index (χ1n) is 8.68. The molecule has 4 rings (SSSR count). The van der Waals surface area contributed by atoms with E-state index in [1.165, 1.54) is 5.56 Å². The molecule has 0 bridgehead atoms. The minimum Gasteiger partial charge on any atom is -0.493 e. The van der Waals surface area contributed by atoms with Crippen molar-refractivity contribution in [1.29, 1.82) is 0 Å². The molecule has 27 heavy (non-hydrogen) atoms. The Balaban J connectivity index is 1.50. The van der Waals surface area contributed by atoms with Crippen molar-refractivity contribution in [2.75, 3.05) is 12.4 Å². The first-order valence-corrected chi connectivity index (χ1v) is 10.5. The number of aryl methyl sites for hydroxylation is 1. The van der Waals surface area contributed by atoms with E-state index in [-0.39, 0.29) is 0 Å². The number of rotatable bonds is 7. The lowest BCUT2D eigenvalue weighted by Crippen LogP contribution is -2.03. The lowest BCUT2D eigenvalue weighted by Gasteiger charge is -2.10. The second-order valence-electron chi connectivity index (χ2n) is 5.96. The fraction of sp³-hybridized carbons (Fsp3) is 0.143. The number of para-hydroxylation sites is 1. The molecule has 0 amide bonds. The molecule has 2 heterocycles. The normalized spacial score (nSPS) is 10.9. The van der Waals surface area contributed by atoms with Gasteiger partial charge < -0.3 is 4.74 Å². The zero-order chi connectivity index (χ0) is 18.5. The number of thiophene rings is 1. The van der Waals surface area contributed by atoms with Gasteiger partial charge in [0.25, 0.3) is 0 Å². The molecule has 0 aliphatic carbocycles. The predicted molar refractivity (Wildman–Crippen MR) is 112 cm³/mol. The molecule has 4 aromatic rings. The Kier molecular flexibility index (Phi) is 5.55. The summed E-state index contributed by atoms with van der Waals surface area (Å²) >= 11 is 3.32. The van der Waals surface area contributed by atoms with Gasteiger partial charge in [-0.15, -0.1) is 21.5 Å². The number of thioether (sulfide) groups is 1. The van der Waals surface area contributed by atoms with Crippen molar-refractivity contribution in [2.24, 2.45) is 0 Å². The van der Waals surface area contributed by atoms with Gasteiger partial charge in [-0.2, -0.15) is 0 Å². The molecule has 0 N–H and O–H groups in total. The Hall–Kier alpha value is -2.57. The van der Waals surface area contributed by atoms with Crippen LogP contribution in [0.15, 0.2) is 77.3 Å². The van der Waals surface area contributed by atoms with Gasteiger partial charge in [-0.3, -0.25) is 4.57 Å². The van der Waals surface area contributed by atoms with Crippen LogP contribution in [-0.2, 0) is 0 Å². The number of benzene rings is 2. The smallest absolute Gasteiger partial charge is 0.196 e. The summed E-state index contributed by atoms with van der Waals surface area (Å²) in [5, 5.41) is 11.8. The number of nitrogens with zero attached hydrogens (tertiary/aromatic N) is 3. The van der Waals surface area contributed by atoms with Crippen molar-refractivity contribution in [3.05, 3.63) is 77.7 Å². The predicted octanol–water partition coefficient (Wildman–Crippen LogP) is 5.48. The Morgan fingerprint density at radius 2 is 1.78 bits per heavy atom. The topological polar surface area (TPSA) is 39.9 Å². The molecule has 0 unspecified atom stereocenters. The van der Waals surface area contributed by atoms with Gasteiger partial charge in [0, 0.05) is 11.4 Å². The zero-order valence-corrected chi connectivity index (χ0v) is 16.5. The molecular weight excluding hydrogens is 374 g/mol. The van der Waals surface area contributed by atoms with E-state index < -0.39 is 0 Å².